The first-order chi connectivity index (χ1) is 12.9. The van der Waals surface area contributed by atoms with Crippen molar-refractivity contribution in [2.75, 3.05) is 26.8 Å². The lowest BCUT2D eigenvalue weighted by atomic mass is 9.91. The molecule has 0 aliphatic carbocycles. The maximum atomic E-state index is 12.8. The van der Waals surface area contributed by atoms with Crippen LogP contribution in [-0.4, -0.2) is 65.9 Å². The van der Waals surface area contributed by atoms with E-state index < -0.39 is 6.04 Å². The van der Waals surface area contributed by atoms with Gasteiger partial charge in [0.1, 0.15) is 6.04 Å². The van der Waals surface area contributed by atoms with Crippen LogP contribution >= 0.6 is 0 Å². The van der Waals surface area contributed by atoms with Gasteiger partial charge in [-0.25, -0.2) is 0 Å². The van der Waals surface area contributed by atoms with E-state index in [0.717, 1.165) is 24.2 Å². The number of ether oxygens (including phenoxy) is 1. The molecule has 1 atom stereocenters. The number of carbonyl (C=O) groups excluding carboxylic acids is 3. The number of nitrogens with two attached hydrogens (primary N) is 1. The number of hydrogen-bond donors (Lipinski definition) is 2. The van der Waals surface area contributed by atoms with Crippen molar-refractivity contribution in [1.29, 1.82) is 0 Å². The van der Waals surface area contributed by atoms with Gasteiger partial charge in [0.05, 0.1) is 12.1 Å². The number of hydrogen-bond acceptors (Lipinski definition) is 6. The van der Waals surface area contributed by atoms with Crippen LogP contribution in [0, 0.1) is 0 Å². The number of amides is 3. The highest BCUT2D eigenvalue weighted by Crippen LogP contribution is 2.31. The molecule has 3 aliphatic heterocycles. The summed E-state index contributed by atoms with van der Waals surface area (Å²) < 4.78 is 5.17. The van der Waals surface area contributed by atoms with Gasteiger partial charge in [0.2, 0.25) is 11.8 Å². The van der Waals surface area contributed by atoms with E-state index in [2.05, 4.69) is 10.2 Å². The number of rotatable bonds is 5. The second-order valence-corrected chi connectivity index (χ2v) is 7.78. The summed E-state index contributed by atoms with van der Waals surface area (Å²) in [6.45, 7) is 3.13. The number of nitrogens with one attached hydrogen (secondary N) is 1. The Morgan fingerprint density at radius 3 is 2.78 bits per heavy atom. The van der Waals surface area contributed by atoms with E-state index in [9.17, 15) is 14.4 Å². The Morgan fingerprint density at radius 2 is 2.07 bits per heavy atom. The van der Waals surface area contributed by atoms with Crippen LogP contribution in [0.4, 0.5) is 0 Å². The quantitative estimate of drug-likeness (QED) is 0.682. The van der Waals surface area contributed by atoms with Gasteiger partial charge in [-0.1, -0.05) is 12.1 Å². The van der Waals surface area contributed by atoms with Gasteiger partial charge in [-0.3, -0.25) is 24.6 Å². The Bertz CT molecular complexity index is 803. The van der Waals surface area contributed by atoms with Crippen molar-refractivity contribution in [3.63, 3.8) is 0 Å². The molecule has 3 amide bonds. The molecule has 8 nitrogen and oxygen atoms in total. The fraction of sp³-hybridized carbons (Fsp3) is 0.526. The first kappa shape index (κ1) is 18.1. The van der Waals surface area contributed by atoms with Gasteiger partial charge in [0.25, 0.3) is 5.91 Å². The molecule has 0 bridgehead atoms. The zero-order chi connectivity index (χ0) is 19.2. The van der Waals surface area contributed by atoms with Crippen molar-refractivity contribution >= 4 is 17.7 Å². The number of imide groups is 1. The number of likely N-dealkylation sites (tertiary alicyclic amines) is 1. The Balaban J connectivity index is 1.48. The van der Waals surface area contributed by atoms with Crippen LogP contribution in [-0.2, 0) is 27.4 Å². The molecule has 2 fully saturated rings. The minimum absolute atomic E-state index is 0.141. The van der Waals surface area contributed by atoms with Crippen molar-refractivity contribution in [3.05, 3.63) is 34.9 Å². The number of piperidine rings is 1. The lowest BCUT2D eigenvalue weighted by molar-refractivity contribution is -0.136. The average molecular weight is 372 g/mol. The van der Waals surface area contributed by atoms with E-state index in [4.69, 9.17) is 10.5 Å². The number of fused-ring (bicyclic) bond motifs is 1. The van der Waals surface area contributed by atoms with Crippen LogP contribution in [0.1, 0.15) is 34.3 Å². The molecule has 0 spiro atoms. The molecule has 0 saturated carbocycles. The fourth-order valence-electron chi connectivity index (χ4n) is 4.37. The van der Waals surface area contributed by atoms with E-state index in [0.29, 0.717) is 31.7 Å². The number of benzene rings is 1. The predicted octanol–water partition coefficient (Wildman–Crippen LogP) is -0.393. The first-order valence-electron chi connectivity index (χ1n) is 9.16. The Morgan fingerprint density at radius 1 is 1.30 bits per heavy atom. The first-order valence-corrected chi connectivity index (χ1v) is 9.16. The van der Waals surface area contributed by atoms with Crippen molar-refractivity contribution < 1.29 is 19.1 Å². The van der Waals surface area contributed by atoms with Crippen molar-refractivity contribution in [2.24, 2.45) is 5.73 Å². The van der Waals surface area contributed by atoms with Gasteiger partial charge >= 0.3 is 0 Å². The summed E-state index contributed by atoms with van der Waals surface area (Å²) in [5.41, 5.74) is 8.62. The highest BCUT2D eigenvalue weighted by molar-refractivity contribution is 6.05. The summed E-state index contributed by atoms with van der Waals surface area (Å²) in [6, 6.07) is 5.12. The normalized spacial score (nSPS) is 24.6. The molecular formula is C19H24N4O4. The monoisotopic (exact) mass is 372 g/mol. The standard InChI is InChI=1S/C19H24N4O4/c1-27-11-19(20)9-22(10-19)7-12-3-2-4-13-14(12)8-23(18(13)26)15-5-6-16(24)21-17(15)25/h2-4,15H,5-11,20H2,1H3,(H,21,24,25). The maximum Gasteiger partial charge on any atom is 0.255 e. The van der Waals surface area contributed by atoms with Crippen molar-refractivity contribution in [3.8, 4) is 0 Å². The Kier molecular flexibility index (Phi) is 4.49. The summed E-state index contributed by atoms with van der Waals surface area (Å²) in [4.78, 5) is 40.2. The summed E-state index contributed by atoms with van der Waals surface area (Å²) in [5.74, 6) is -0.804. The van der Waals surface area contributed by atoms with Gasteiger partial charge in [0.15, 0.2) is 0 Å². The van der Waals surface area contributed by atoms with Gasteiger partial charge < -0.3 is 15.4 Å². The van der Waals surface area contributed by atoms with Crippen molar-refractivity contribution in [1.82, 2.24) is 15.1 Å². The number of carbonyl (C=O) groups is 3. The molecule has 3 heterocycles. The van der Waals surface area contributed by atoms with Gasteiger partial charge in [-0.05, 0) is 23.6 Å². The second-order valence-electron chi connectivity index (χ2n) is 7.78. The third-order valence-corrected chi connectivity index (χ3v) is 5.58. The topological polar surface area (TPSA) is 105 Å². The highest BCUT2D eigenvalue weighted by atomic mass is 16.5. The van der Waals surface area contributed by atoms with Gasteiger partial charge in [-0.15, -0.1) is 0 Å². The van der Waals surface area contributed by atoms with Crippen LogP contribution < -0.4 is 11.1 Å². The zero-order valence-corrected chi connectivity index (χ0v) is 15.4. The summed E-state index contributed by atoms with van der Waals surface area (Å²) in [5, 5.41) is 2.33. The fourth-order valence-corrected chi connectivity index (χ4v) is 4.37. The van der Waals surface area contributed by atoms with Crippen LogP contribution in [0.3, 0.4) is 0 Å². The molecule has 2 saturated heterocycles. The smallest absolute Gasteiger partial charge is 0.255 e. The molecule has 27 heavy (non-hydrogen) atoms. The summed E-state index contributed by atoms with van der Waals surface area (Å²) >= 11 is 0. The average Bonchev–Trinajstić information content (AvgIpc) is 2.92. The Labute approximate surface area is 157 Å². The Hall–Kier alpha value is -2.29. The van der Waals surface area contributed by atoms with Crippen LogP contribution in [0.5, 0.6) is 0 Å². The lowest BCUT2D eigenvalue weighted by Crippen LogP contribution is -2.69. The van der Waals surface area contributed by atoms with E-state index in [1.807, 2.05) is 12.1 Å². The third-order valence-electron chi connectivity index (χ3n) is 5.58. The summed E-state index contributed by atoms with van der Waals surface area (Å²) in [7, 11) is 1.65. The molecule has 144 valence electrons. The van der Waals surface area contributed by atoms with E-state index >= 15 is 0 Å². The second kappa shape index (κ2) is 6.70. The SMILES string of the molecule is COCC1(N)CN(Cc2cccc3c2CN(C2CCC(=O)NC2=O)C3=O)C1. The number of nitrogens with zero attached hydrogens (tertiary/aromatic N) is 2. The predicted molar refractivity (Wildman–Crippen MR) is 96.6 cm³/mol. The molecule has 8 heteroatoms. The molecule has 4 rings (SSSR count). The molecule has 1 unspecified atom stereocenters. The van der Waals surface area contributed by atoms with Crippen LogP contribution in [0.25, 0.3) is 0 Å². The van der Waals surface area contributed by atoms with Gasteiger partial charge in [-0.2, -0.15) is 0 Å². The number of methoxy groups -OCH3 is 1. The molecule has 3 aliphatic rings. The zero-order valence-electron chi connectivity index (χ0n) is 15.4. The van der Waals surface area contributed by atoms with Crippen LogP contribution in [0.15, 0.2) is 18.2 Å². The van der Waals surface area contributed by atoms with E-state index in [1.165, 1.54) is 0 Å². The molecular weight excluding hydrogens is 348 g/mol. The third kappa shape index (κ3) is 3.24. The lowest BCUT2D eigenvalue weighted by Gasteiger charge is -2.47. The molecule has 1 aromatic carbocycles. The maximum absolute atomic E-state index is 12.8. The molecule has 3 N–H and O–H groups in total. The minimum atomic E-state index is -0.585. The van der Waals surface area contributed by atoms with Crippen LogP contribution in [0.2, 0.25) is 0 Å². The van der Waals surface area contributed by atoms with E-state index in [-0.39, 0.29) is 29.7 Å². The summed E-state index contributed by atoms with van der Waals surface area (Å²) in [6.07, 6.45) is 0.633. The largest absolute Gasteiger partial charge is 0.383 e. The molecule has 0 aromatic heterocycles. The van der Waals surface area contributed by atoms with Gasteiger partial charge in [0, 0.05) is 45.3 Å². The molecule has 1 aromatic rings. The van der Waals surface area contributed by atoms with E-state index in [1.54, 1.807) is 18.1 Å². The highest BCUT2D eigenvalue weighted by Gasteiger charge is 2.42. The minimum Gasteiger partial charge on any atom is -0.383 e. The molecule has 0 radical (unpaired) electrons. The van der Waals surface area contributed by atoms with Crippen molar-refractivity contribution in [2.45, 2.75) is 37.5 Å².